The molecule has 38 heavy (non-hydrogen) atoms. The van der Waals surface area contributed by atoms with Crippen LogP contribution in [0, 0.1) is 6.92 Å². The molecule has 2 heterocycles. The molecule has 3 amide bonds. The normalized spacial score (nSPS) is 15.2. The number of aromatic hydroxyl groups is 1. The van der Waals surface area contributed by atoms with E-state index in [9.17, 15) is 19.5 Å². The molecule has 4 bridgehead atoms. The van der Waals surface area contributed by atoms with Crippen LogP contribution in [0.4, 0.5) is 0 Å². The Morgan fingerprint density at radius 1 is 1.11 bits per heavy atom. The highest BCUT2D eigenvalue weighted by molar-refractivity contribution is 7.99. The number of thioether (sulfide) groups is 1. The van der Waals surface area contributed by atoms with Crippen molar-refractivity contribution in [1.29, 1.82) is 0 Å². The van der Waals surface area contributed by atoms with E-state index in [0.717, 1.165) is 11.1 Å². The third-order valence-corrected chi connectivity index (χ3v) is 6.98. The fourth-order valence-electron chi connectivity index (χ4n) is 4.11. The van der Waals surface area contributed by atoms with Gasteiger partial charge in [-0.3, -0.25) is 14.4 Å². The molecule has 0 aliphatic carbocycles. The maximum atomic E-state index is 12.9. The lowest BCUT2D eigenvalue weighted by Crippen LogP contribution is -2.42. The summed E-state index contributed by atoms with van der Waals surface area (Å²) in [6.07, 6.45) is 1.83. The summed E-state index contributed by atoms with van der Waals surface area (Å²) in [5.74, 6) is 1.11. The van der Waals surface area contributed by atoms with Gasteiger partial charge < -0.3 is 25.2 Å². The lowest BCUT2D eigenvalue weighted by atomic mass is 9.98. The van der Waals surface area contributed by atoms with Crippen LogP contribution in [0.5, 0.6) is 5.75 Å². The molecular weight excluding hydrogens is 506 g/mol. The van der Waals surface area contributed by atoms with Crippen LogP contribution in [0.25, 0.3) is 11.1 Å². The average molecular weight is 538 g/mol. The monoisotopic (exact) mass is 537 g/mol. The van der Waals surface area contributed by atoms with Crippen molar-refractivity contribution >= 4 is 29.5 Å². The van der Waals surface area contributed by atoms with Crippen LogP contribution >= 0.6 is 11.8 Å². The number of nitrogens with one attached hydrogen (secondary N) is 2. The summed E-state index contributed by atoms with van der Waals surface area (Å²) in [5.41, 5.74) is 2.79. The Hall–Kier alpha value is -3.86. The summed E-state index contributed by atoms with van der Waals surface area (Å²) in [6, 6.07) is 12.4. The third-order valence-electron chi connectivity index (χ3n) is 6.08. The minimum absolute atomic E-state index is 0.0448. The first-order valence-electron chi connectivity index (χ1n) is 12.5. The maximum Gasteiger partial charge on any atom is 0.251 e. The number of carbonyl (C=O) groups excluding carboxylic acids is 3. The molecule has 0 atom stereocenters. The zero-order chi connectivity index (χ0) is 26.9. The van der Waals surface area contributed by atoms with Gasteiger partial charge in [0, 0.05) is 30.8 Å². The minimum atomic E-state index is -0.239. The fourth-order valence-corrected chi connectivity index (χ4v) is 4.86. The van der Waals surface area contributed by atoms with Crippen LogP contribution in [0.3, 0.4) is 0 Å². The van der Waals surface area contributed by atoms with Gasteiger partial charge in [-0.1, -0.05) is 23.4 Å². The number of amides is 3. The van der Waals surface area contributed by atoms with E-state index in [2.05, 4.69) is 20.8 Å². The molecule has 11 heteroatoms. The Balaban J connectivity index is 1.43. The molecular formula is C27H31N5O5S. The fraction of sp³-hybridized carbons (Fsp3) is 0.370. The highest BCUT2D eigenvalue weighted by Gasteiger charge is 2.18. The van der Waals surface area contributed by atoms with Gasteiger partial charge in [-0.15, -0.1) is 11.8 Å². The quantitative estimate of drug-likeness (QED) is 0.462. The van der Waals surface area contributed by atoms with Gasteiger partial charge in [0.15, 0.2) is 5.82 Å². The number of hydrogen-bond acceptors (Lipinski definition) is 8. The molecule has 4 rings (SSSR count). The Kier molecular flexibility index (Phi) is 9.36. The van der Waals surface area contributed by atoms with Crippen molar-refractivity contribution in [3.8, 4) is 16.9 Å². The van der Waals surface area contributed by atoms with Gasteiger partial charge in [0.1, 0.15) is 5.75 Å². The standard InChI is InChI=1S/C27H31N5O5S/c1-18-30-25(37-31-18)16-38-17-26(35)32-12-3-2-10-29-27(36)21-6-4-5-20(14-21)22-13-19(7-8-23(22)33)9-11-28-24(34)15-32/h4-8,13-14,33H,2-3,9-12,15-17H2,1H3,(H,28,34)(H,29,36). The Labute approximate surface area is 225 Å². The second-order valence-corrected chi connectivity index (χ2v) is 10.0. The van der Waals surface area contributed by atoms with Gasteiger partial charge in [0.2, 0.25) is 17.7 Å². The molecule has 3 aromatic rings. The predicted molar refractivity (Wildman–Crippen MR) is 144 cm³/mol. The molecule has 1 aliphatic heterocycles. The van der Waals surface area contributed by atoms with E-state index >= 15 is 0 Å². The predicted octanol–water partition coefficient (Wildman–Crippen LogP) is 2.69. The molecule has 1 aromatic heterocycles. The van der Waals surface area contributed by atoms with Crippen LogP contribution in [-0.2, 0) is 21.8 Å². The van der Waals surface area contributed by atoms with Gasteiger partial charge in [0.05, 0.1) is 18.1 Å². The lowest BCUT2D eigenvalue weighted by Gasteiger charge is -2.22. The molecule has 1 aliphatic rings. The van der Waals surface area contributed by atoms with E-state index in [0.29, 0.717) is 67.5 Å². The van der Waals surface area contributed by atoms with E-state index < -0.39 is 0 Å². The summed E-state index contributed by atoms with van der Waals surface area (Å²) in [5, 5.41) is 20.0. The third kappa shape index (κ3) is 7.58. The molecule has 0 saturated carbocycles. The largest absolute Gasteiger partial charge is 0.507 e. The minimum Gasteiger partial charge on any atom is -0.507 e. The van der Waals surface area contributed by atoms with Crippen LogP contribution < -0.4 is 10.6 Å². The topological polar surface area (TPSA) is 138 Å². The number of carbonyl (C=O) groups is 3. The summed E-state index contributed by atoms with van der Waals surface area (Å²) >= 11 is 1.35. The van der Waals surface area contributed by atoms with E-state index in [1.807, 2.05) is 12.1 Å². The van der Waals surface area contributed by atoms with E-state index in [1.165, 1.54) is 11.8 Å². The summed E-state index contributed by atoms with van der Waals surface area (Å²) in [6.45, 7) is 2.91. The van der Waals surface area contributed by atoms with Crippen molar-refractivity contribution in [2.75, 3.05) is 31.9 Å². The Morgan fingerprint density at radius 3 is 2.76 bits per heavy atom. The molecule has 0 unspecified atom stereocenters. The van der Waals surface area contributed by atoms with Crippen molar-refractivity contribution in [2.45, 2.75) is 31.9 Å². The smallest absolute Gasteiger partial charge is 0.251 e. The summed E-state index contributed by atoms with van der Waals surface area (Å²) < 4.78 is 5.08. The van der Waals surface area contributed by atoms with Crippen molar-refractivity contribution in [2.24, 2.45) is 0 Å². The number of aryl methyl sites for hydroxylation is 1. The SMILES string of the molecule is Cc1noc(CSCC(=O)N2CCCCNC(=O)c3cccc(c3)-c3cc(ccc3O)CCNC(=O)C2)n1. The van der Waals surface area contributed by atoms with Gasteiger partial charge >= 0.3 is 0 Å². The van der Waals surface area contributed by atoms with Crippen molar-refractivity contribution in [3.63, 3.8) is 0 Å². The van der Waals surface area contributed by atoms with Crippen molar-refractivity contribution in [1.82, 2.24) is 25.7 Å². The van der Waals surface area contributed by atoms with Crippen LogP contribution in [-0.4, -0.2) is 69.8 Å². The molecule has 2 aromatic carbocycles. The molecule has 0 saturated heterocycles. The number of phenolic OH excluding ortho intramolecular Hbond substituents is 1. The number of fused-ring (bicyclic) bond motifs is 5. The molecule has 0 fully saturated rings. The van der Waals surface area contributed by atoms with Gasteiger partial charge in [-0.05, 0) is 61.6 Å². The first kappa shape index (κ1) is 27.2. The molecule has 10 nitrogen and oxygen atoms in total. The van der Waals surface area contributed by atoms with Crippen LogP contribution in [0.2, 0.25) is 0 Å². The van der Waals surface area contributed by atoms with Gasteiger partial charge in [-0.2, -0.15) is 4.98 Å². The number of nitrogens with zero attached hydrogens (tertiary/aromatic N) is 3. The number of benzene rings is 2. The number of rotatable bonds is 4. The highest BCUT2D eigenvalue weighted by atomic mass is 32.2. The molecule has 3 N–H and O–H groups in total. The average Bonchev–Trinajstić information content (AvgIpc) is 3.32. The number of hydrogen-bond donors (Lipinski definition) is 3. The van der Waals surface area contributed by atoms with E-state index in [4.69, 9.17) is 4.52 Å². The Bertz CT molecular complexity index is 1290. The van der Waals surface area contributed by atoms with Gasteiger partial charge in [-0.25, -0.2) is 0 Å². The lowest BCUT2D eigenvalue weighted by molar-refractivity contribution is -0.134. The zero-order valence-corrected chi connectivity index (χ0v) is 22.1. The molecule has 200 valence electrons. The van der Waals surface area contributed by atoms with Gasteiger partial charge in [0.25, 0.3) is 5.91 Å². The van der Waals surface area contributed by atoms with E-state index in [-0.39, 0.29) is 35.8 Å². The van der Waals surface area contributed by atoms with Crippen molar-refractivity contribution in [3.05, 3.63) is 65.3 Å². The molecule has 0 radical (unpaired) electrons. The Morgan fingerprint density at radius 2 is 1.95 bits per heavy atom. The first-order chi connectivity index (χ1) is 18.4. The highest BCUT2D eigenvalue weighted by Crippen LogP contribution is 2.30. The first-order valence-corrected chi connectivity index (χ1v) is 13.7. The second kappa shape index (κ2) is 13.1. The number of phenols is 1. The zero-order valence-electron chi connectivity index (χ0n) is 21.2. The number of aromatic nitrogens is 2. The van der Waals surface area contributed by atoms with Crippen LogP contribution in [0.1, 0.15) is 40.5 Å². The molecule has 0 spiro atoms. The van der Waals surface area contributed by atoms with Crippen molar-refractivity contribution < 1.29 is 24.0 Å². The summed E-state index contributed by atoms with van der Waals surface area (Å²) in [4.78, 5) is 44.0. The maximum absolute atomic E-state index is 12.9. The van der Waals surface area contributed by atoms with Crippen LogP contribution in [0.15, 0.2) is 47.0 Å². The second-order valence-electron chi connectivity index (χ2n) is 9.04. The summed E-state index contributed by atoms with van der Waals surface area (Å²) in [7, 11) is 0. The van der Waals surface area contributed by atoms with E-state index in [1.54, 1.807) is 42.2 Å².